The SMILES string of the molecule is CN(C(CCc1ccccc1)C(F)(F)F)S(=O)(=O)c1ccccc1. The van der Waals surface area contributed by atoms with E-state index in [1.54, 1.807) is 36.4 Å². The van der Waals surface area contributed by atoms with E-state index in [0.717, 1.165) is 12.6 Å². The summed E-state index contributed by atoms with van der Waals surface area (Å²) in [4.78, 5) is -0.151. The summed E-state index contributed by atoms with van der Waals surface area (Å²) in [6.07, 6.45) is -4.85. The van der Waals surface area contributed by atoms with Crippen LogP contribution in [0.5, 0.6) is 0 Å². The number of hydrogen-bond acceptors (Lipinski definition) is 2. The Morgan fingerprint density at radius 2 is 1.46 bits per heavy atom. The van der Waals surface area contributed by atoms with E-state index in [0.29, 0.717) is 4.31 Å². The quantitative estimate of drug-likeness (QED) is 0.787. The van der Waals surface area contributed by atoms with E-state index in [-0.39, 0.29) is 17.7 Å². The van der Waals surface area contributed by atoms with Crippen molar-refractivity contribution in [3.8, 4) is 0 Å². The second kappa shape index (κ2) is 7.36. The molecule has 0 saturated carbocycles. The molecule has 1 atom stereocenters. The average molecular weight is 357 g/mol. The van der Waals surface area contributed by atoms with Gasteiger partial charge in [-0.15, -0.1) is 0 Å². The molecule has 2 aromatic rings. The highest BCUT2D eigenvalue weighted by Gasteiger charge is 2.46. The Balaban J connectivity index is 2.24. The first kappa shape index (κ1) is 18.5. The first-order valence-corrected chi connectivity index (χ1v) is 8.80. The van der Waals surface area contributed by atoms with Gasteiger partial charge in [0.1, 0.15) is 6.04 Å². The van der Waals surface area contributed by atoms with Gasteiger partial charge in [-0.1, -0.05) is 48.5 Å². The summed E-state index contributed by atoms with van der Waals surface area (Å²) in [5, 5.41) is 0. The van der Waals surface area contributed by atoms with Crippen LogP contribution in [0.2, 0.25) is 0 Å². The maximum absolute atomic E-state index is 13.4. The number of rotatable bonds is 6. The molecular weight excluding hydrogens is 339 g/mol. The monoisotopic (exact) mass is 357 g/mol. The van der Waals surface area contributed by atoms with Crippen LogP contribution < -0.4 is 0 Å². The lowest BCUT2D eigenvalue weighted by molar-refractivity contribution is -0.170. The molecule has 3 nitrogen and oxygen atoms in total. The molecule has 0 radical (unpaired) electrons. The molecule has 130 valence electrons. The Morgan fingerprint density at radius 1 is 0.958 bits per heavy atom. The Morgan fingerprint density at radius 3 is 1.96 bits per heavy atom. The number of alkyl halides is 3. The van der Waals surface area contributed by atoms with Crippen LogP contribution in [0, 0.1) is 0 Å². The number of benzene rings is 2. The van der Waals surface area contributed by atoms with Crippen molar-refractivity contribution in [1.29, 1.82) is 0 Å². The van der Waals surface area contributed by atoms with Crippen molar-refractivity contribution in [3.63, 3.8) is 0 Å². The maximum atomic E-state index is 13.4. The van der Waals surface area contributed by atoms with Crippen LogP contribution in [0.4, 0.5) is 13.2 Å². The van der Waals surface area contributed by atoms with Gasteiger partial charge in [0.15, 0.2) is 0 Å². The van der Waals surface area contributed by atoms with Crippen LogP contribution in [0.1, 0.15) is 12.0 Å². The second-order valence-electron chi connectivity index (χ2n) is 5.42. The van der Waals surface area contributed by atoms with E-state index in [1.807, 2.05) is 0 Å². The lowest BCUT2D eigenvalue weighted by Gasteiger charge is -2.29. The van der Waals surface area contributed by atoms with Crippen LogP contribution in [-0.2, 0) is 16.4 Å². The number of halogens is 3. The molecule has 0 aliphatic rings. The minimum atomic E-state index is -4.65. The Hall–Kier alpha value is -1.86. The Kier molecular flexibility index (Phi) is 5.66. The fourth-order valence-corrected chi connectivity index (χ4v) is 3.82. The lowest BCUT2D eigenvalue weighted by Crippen LogP contribution is -2.46. The molecule has 24 heavy (non-hydrogen) atoms. The first-order valence-electron chi connectivity index (χ1n) is 7.36. The van der Waals surface area contributed by atoms with E-state index in [1.165, 1.54) is 24.3 Å². The predicted molar refractivity (Wildman–Crippen MR) is 86.0 cm³/mol. The van der Waals surface area contributed by atoms with Gasteiger partial charge in [0.05, 0.1) is 4.90 Å². The minimum absolute atomic E-state index is 0.139. The highest BCUT2D eigenvalue weighted by molar-refractivity contribution is 7.89. The number of hydrogen-bond donors (Lipinski definition) is 0. The van der Waals surface area contributed by atoms with E-state index in [4.69, 9.17) is 0 Å². The van der Waals surface area contributed by atoms with Crippen molar-refractivity contribution in [2.45, 2.75) is 30.0 Å². The Labute approximate surface area is 139 Å². The van der Waals surface area contributed by atoms with Crippen molar-refractivity contribution in [2.24, 2.45) is 0 Å². The van der Waals surface area contributed by atoms with E-state index in [2.05, 4.69) is 0 Å². The normalized spacial score (nSPS) is 13.9. The van der Waals surface area contributed by atoms with Gasteiger partial charge < -0.3 is 0 Å². The van der Waals surface area contributed by atoms with Crippen LogP contribution >= 0.6 is 0 Å². The number of aryl methyl sites for hydroxylation is 1. The molecule has 2 aromatic carbocycles. The summed E-state index contributed by atoms with van der Waals surface area (Å²) in [6, 6.07) is 13.8. The zero-order valence-electron chi connectivity index (χ0n) is 13.1. The van der Waals surface area contributed by atoms with E-state index in [9.17, 15) is 21.6 Å². The average Bonchev–Trinajstić information content (AvgIpc) is 2.55. The molecule has 0 aliphatic heterocycles. The molecular formula is C17H18F3NO2S. The van der Waals surface area contributed by atoms with Gasteiger partial charge in [-0.25, -0.2) is 8.42 Å². The van der Waals surface area contributed by atoms with Crippen molar-refractivity contribution in [3.05, 3.63) is 66.2 Å². The van der Waals surface area contributed by atoms with Gasteiger partial charge in [-0.05, 0) is 30.5 Å². The minimum Gasteiger partial charge on any atom is -0.207 e. The fourth-order valence-electron chi connectivity index (χ4n) is 2.43. The molecule has 0 amide bonds. The molecule has 0 heterocycles. The van der Waals surface area contributed by atoms with Crippen molar-refractivity contribution in [1.82, 2.24) is 4.31 Å². The molecule has 1 unspecified atom stereocenters. The fraction of sp³-hybridized carbons (Fsp3) is 0.294. The molecule has 0 fully saturated rings. The van der Waals surface area contributed by atoms with Crippen LogP contribution in [-0.4, -0.2) is 32.0 Å². The maximum Gasteiger partial charge on any atom is 0.405 e. The summed E-state index contributed by atoms with van der Waals surface area (Å²) in [7, 11) is -3.23. The van der Waals surface area contributed by atoms with Gasteiger partial charge in [0.2, 0.25) is 10.0 Å². The highest BCUT2D eigenvalue weighted by atomic mass is 32.2. The standard InChI is InChI=1S/C17H18F3NO2S/c1-21(24(22,23)15-10-6-3-7-11-15)16(17(18,19)20)13-12-14-8-4-2-5-9-14/h2-11,16H,12-13H2,1H3. The third kappa shape index (κ3) is 4.36. The third-order valence-electron chi connectivity index (χ3n) is 3.79. The van der Waals surface area contributed by atoms with E-state index < -0.39 is 22.2 Å². The molecule has 0 bridgehead atoms. The molecule has 0 spiro atoms. The lowest BCUT2D eigenvalue weighted by atomic mass is 10.1. The molecule has 2 rings (SSSR count). The Bertz CT molecular complexity index is 746. The molecule has 7 heteroatoms. The van der Waals surface area contributed by atoms with Gasteiger partial charge in [-0.2, -0.15) is 17.5 Å². The highest BCUT2D eigenvalue weighted by Crippen LogP contribution is 2.31. The zero-order valence-corrected chi connectivity index (χ0v) is 13.9. The first-order chi connectivity index (χ1) is 11.2. The number of sulfonamides is 1. The van der Waals surface area contributed by atoms with E-state index >= 15 is 0 Å². The van der Waals surface area contributed by atoms with Gasteiger partial charge in [0, 0.05) is 7.05 Å². The van der Waals surface area contributed by atoms with Crippen molar-refractivity contribution < 1.29 is 21.6 Å². The molecule has 0 aromatic heterocycles. The zero-order chi connectivity index (χ0) is 17.8. The second-order valence-corrected chi connectivity index (χ2v) is 7.41. The van der Waals surface area contributed by atoms with Gasteiger partial charge in [0.25, 0.3) is 0 Å². The summed E-state index contributed by atoms with van der Waals surface area (Å²) in [5.74, 6) is 0. The largest absolute Gasteiger partial charge is 0.405 e. The number of nitrogens with zero attached hydrogens (tertiary/aromatic N) is 1. The summed E-state index contributed by atoms with van der Waals surface area (Å²) in [5.41, 5.74) is 0.734. The topological polar surface area (TPSA) is 37.4 Å². The van der Waals surface area contributed by atoms with Gasteiger partial charge >= 0.3 is 6.18 Å². The van der Waals surface area contributed by atoms with Crippen LogP contribution in [0.3, 0.4) is 0 Å². The third-order valence-corrected chi connectivity index (χ3v) is 5.67. The van der Waals surface area contributed by atoms with Crippen molar-refractivity contribution >= 4 is 10.0 Å². The van der Waals surface area contributed by atoms with Gasteiger partial charge in [-0.3, -0.25) is 0 Å². The summed E-state index contributed by atoms with van der Waals surface area (Å²) < 4.78 is 65.6. The molecule has 0 saturated heterocycles. The summed E-state index contributed by atoms with van der Waals surface area (Å²) in [6.45, 7) is 0. The summed E-state index contributed by atoms with van der Waals surface area (Å²) >= 11 is 0. The van der Waals surface area contributed by atoms with Crippen LogP contribution in [0.25, 0.3) is 0 Å². The predicted octanol–water partition coefficient (Wildman–Crippen LogP) is 3.87. The molecule has 0 N–H and O–H groups in total. The smallest absolute Gasteiger partial charge is 0.207 e. The molecule has 0 aliphatic carbocycles. The van der Waals surface area contributed by atoms with Crippen molar-refractivity contribution in [2.75, 3.05) is 7.05 Å². The van der Waals surface area contributed by atoms with Crippen LogP contribution in [0.15, 0.2) is 65.6 Å².